The lowest BCUT2D eigenvalue weighted by molar-refractivity contribution is 0.0760. The van der Waals surface area contributed by atoms with Crippen molar-refractivity contribution in [3.63, 3.8) is 0 Å². The number of amides is 1. The van der Waals surface area contributed by atoms with Crippen molar-refractivity contribution >= 4 is 18.3 Å². The Morgan fingerprint density at radius 2 is 2.17 bits per heavy atom. The maximum absolute atomic E-state index is 13.2. The number of hydrogen-bond donors (Lipinski definition) is 1. The normalized spacial score (nSPS) is 14.9. The molecular formula is C15H19ClFN5O. The van der Waals surface area contributed by atoms with E-state index in [0.717, 1.165) is 31.6 Å². The molecule has 1 amide bonds. The van der Waals surface area contributed by atoms with Crippen molar-refractivity contribution in [2.45, 2.75) is 13.0 Å². The van der Waals surface area contributed by atoms with Crippen LogP contribution in [0.5, 0.6) is 0 Å². The summed E-state index contributed by atoms with van der Waals surface area (Å²) < 4.78 is 14.7. The lowest BCUT2D eigenvalue weighted by Gasteiger charge is -2.18. The van der Waals surface area contributed by atoms with E-state index in [2.05, 4.69) is 15.6 Å². The average molecular weight is 340 g/mol. The van der Waals surface area contributed by atoms with Gasteiger partial charge < -0.3 is 10.2 Å². The summed E-state index contributed by atoms with van der Waals surface area (Å²) in [6.45, 7) is 3.51. The molecule has 1 fully saturated rings. The van der Waals surface area contributed by atoms with Crippen LogP contribution in [0.25, 0.3) is 0 Å². The zero-order valence-electron chi connectivity index (χ0n) is 12.6. The number of hydrogen-bond acceptors (Lipinski definition) is 4. The predicted molar refractivity (Wildman–Crippen MR) is 86.2 cm³/mol. The molecule has 6 nitrogen and oxygen atoms in total. The summed E-state index contributed by atoms with van der Waals surface area (Å²) in [6.07, 6.45) is 2.55. The van der Waals surface area contributed by atoms with Crippen molar-refractivity contribution in [2.24, 2.45) is 0 Å². The van der Waals surface area contributed by atoms with Crippen molar-refractivity contribution in [1.82, 2.24) is 25.2 Å². The fourth-order valence-electron chi connectivity index (χ4n) is 2.51. The van der Waals surface area contributed by atoms with Gasteiger partial charge >= 0.3 is 0 Å². The van der Waals surface area contributed by atoms with E-state index >= 15 is 0 Å². The fraction of sp³-hybridized carbons (Fsp3) is 0.400. The van der Waals surface area contributed by atoms with Gasteiger partial charge in [-0.25, -0.2) is 9.07 Å². The van der Waals surface area contributed by atoms with Crippen molar-refractivity contribution in [3.05, 3.63) is 47.5 Å². The van der Waals surface area contributed by atoms with Gasteiger partial charge in [-0.05, 0) is 30.7 Å². The second-order valence-electron chi connectivity index (χ2n) is 5.33. The van der Waals surface area contributed by atoms with E-state index in [1.54, 1.807) is 21.8 Å². The van der Waals surface area contributed by atoms with Gasteiger partial charge in [0.1, 0.15) is 5.82 Å². The minimum Gasteiger partial charge on any atom is -0.336 e. The zero-order valence-corrected chi connectivity index (χ0v) is 13.4. The Labute approximate surface area is 140 Å². The smallest absolute Gasteiger partial charge is 0.276 e. The predicted octanol–water partition coefficient (Wildman–Crippen LogP) is 1.32. The van der Waals surface area contributed by atoms with Crippen molar-refractivity contribution in [3.8, 4) is 0 Å². The van der Waals surface area contributed by atoms with Crippen LogP contribution in [0.3, 0.4) is 0 Å². The summed E-state index contributed by atoms with van der Waals surface area (Å²) >= 11 is 0. The number of benzene rings is 1. The first-order valence-electron chi connectivity index (χ1n) is 7.37. The molecule has 0 spiro atoms. The number of rotatable bonds is 3. The SMILES string of the molecule is Cl.O=C(c1cn(Cc2cccc(F)c2)nn1)N1CCCNCC1. The summed E-state index contributed by atoms with van der Waals surface area (Å²) in [7, 11) is 0. The Morgan fingerprint density at radius 1 is 1.30 bits per heavy atom. The summed E-state index contributed by atoms with van der Waals surface area (Å²) in [5, 5.41) is 11.2. The minimum atomic E-state index is -0.286. The van der Waals surface area contributed by atoms with Crippen LogP contribution in [-0.4, -0.2) is 52.0 Å². The van der Waals surface area contributed by atoms with E-state index in [-0.39, 0.29) is 24.1 Å². The van der Waals surface area contributed by atoms with Gasteiger partial charge in [0.05, 0.1) is 12.7 Å². The third-order valence-electron chi connectivity index (χ3n) is 3.62. The lowest BCUT2D eigenvalue weighted by atomic mass is 10.2. The molecule has 1 saturated heterocycles. The van der Waals surface area contributed by atoms with E-state index in [4.69, 9.17) is 0 Å². The van der Waals surface area contributed by atoms with Crippen LogP contribution >= 0.6 is 12.4 Å². The molecule has 0 aliphatic carbocycles. The number of nitrogens with zero attached hydrogens (tertiary/aromatic N) is 4. The molecule has 23 heavy (non-hydrogen) atoms. The number of carbonyl (C=O) groups is 1. The molecule has 1 aromatic carbocycles. The van der Waals surface area contributed by atoms with Crippen LogP contribution in [0.2, 0.25) is 0 Å². The standard InChI is InChI=1S/C15H18FN5O.ClH/c16-13-4-1-3-12(9-13)10-21-11-14(18-19-21)15(22)20-7-2-5-17-6-8-20;/h1,3-4,9,11,17H,2,5-8,10H2;1H. The molecule has 0 unspecified atom stereocenters. The Morgan fingerprint density at radius 3 is 3.00 bits per heavy atom. The number of aromatic nitrogens is 3. The molecule has 2 heterocycles. The third-order valence-corrected chi connectivity index (χ3v) is 3.62. The van der Waals surface area contributed by atoms with Gasteiger partial charge in [-0.1, -0.05) is 17.3 Å². The molecule has 0 radical (unpaired) electrons. The topological polar surface area (TPSA) is 63.1 Å². The van der Waals surface area contributed by atoms with Gasteiger partial charge in [-0.3, -0.25) is 4.79 Å². The number of nitrogens with one attached hydrogen (secondary N) is 1. The van der Waals surface area contributed by atoms with E-state index in [0.29, 0.717) is 18.8 Å². The minimum absolute atomic E-state index is 0. The highest BCUT2D eigenvalue weighted by Crippen LogP contribution is 2.07. The van der Waals surface area contributed by atoms with Crippen LogP contribution in [0.4, 0.5) is 4.39 Å². The van der Waals surface area contributed by atoms with Crippen LogP contribution in [0.1, 0.15) is 22.5 Å². The van der Waals surface area contributed by atoms with Gasteiger partial charge in [0.2, 0.25) is 0 Å². The lowest BCUT2D eigenvalue weighted by Crippen LogP contribution is -2.34. The van der Waals surface area contributed by atoms with Crippen molar-refractivity contribution in [1.29, 1.82) is 0 Å². The molecule has 1 aromatic heterocycles. The van der Waals surface area contributed by atoms with Gasteiger partial charge in [-0.2, -0.15) is 0 Å². The van der Waals surface area contributed by atoms with E-state index in [1.165, 1.54) is 12.1 Å². The molecule has 2 aromatic rings. The Balaban J connectivity index is 0.00000192. The van der Waals surface area contributed by atoms with Gasteiger partial charge in [0, 0.05) is 19.6 Å². The molecule has 124 valence electrons. The maximum atomic E-state index is 13.2. The summed E-state index contributed by atoms with van der Waals surface area (Å²) in [6, 6.07) is 6.31. The highest BCUT2D eigenvalue weighted by Gasteiger charge is 2.20. The molecule has 3 rings (SSSR count). The summed E-state index contributed by atoms with van der Waals surface area (Å²) in [5.74, 6) is -0.389. The number of halogens is 2. The first kappa shape index (κ1) is 17.4. The van der Waals surface area contributed by atoms with Crippen LogP contribution in [0, 0.1) is 5.82 Å². The summed E-state index contributed by atoms with van der Waals surface area (Å²) in [4.78, 5) is 14.2. The molecule has 8 heteroatoms. The molecule has 0 bridgehead atoms. The fourth-order valence-corrected chi connectivity index (χ4v) is 2.51. The number of carbonyl (C=O) groups excluding carboxylic acids is 1. The molecular weight excluding hydrogens is 321 g/mol. The van der Waals surface area contributed by atoms with E-state index < -0.39 is 0 Å². The van der Waals surface area contributed by atoms with Gasteiger partial charge in [0.15, 0.2) is 5.69 Å². The van der Waals surface area contributed by atoms with Crippen LogP contribution < -0.4 is 5.32 Å². The monoisotopic (exact) mass is 339 g/mol. The second-order valence-corrected chi connectivity index (χ2v) is 5.33. The van der Waals surface area contributed by atoms with Gasteiger partial charge in [0.25, 0.3) is 5.91 Å². The van der Waals surface area contributed by atoms with E-state index in [1.807, 2.05) is 6.07 Å². The van der Waals surface area contributed by atoms with Crippen molar-refractivity contribution < 1.29 is 9.18 Å². The third kappa shape index (κ3) is 4.49. The molecule has 1 aliphatic heterocycles. The Hall–Kier alpha value is -1.99. The zero-order chi connectivity index (χ0) is 15.4. The Kier molecular flexibility index (Phi) is 6.06. The van der Waals surface area contributed by atoms with Gasteiger partial charge in [-0.15, -0.1) is 17.5 Å². The molecule has 0 atom stereocenters. The van der Waals surface area contributed by atoms with E-state index in [9.17, 15) is 9.18 Å². The Bertz CT molecular complexity index is 655. The molecule has 0 saturated carbocycles. The maximum Gasteiger partial charge on any atom is 0.276 e. The highest BCUT2D eigenvalue weighted by molar-refractivity contribution is 5.91. The first-order chi connectivity index (χ1) is 10.7. The molecule has 1 N–H and O–H groups in total. The van der Waals surface area contributed by atoms with Crippen LogP contribution in [-0.2, 0) is 6.54 Å². The molecule has 1 aliphatic rings. The first-order valence-corrected chi connectivity index (χ1v) is 7.37. The van der Waals surface area contributed by atoms with Crippen LogP contribution in [0.15, 0.2) is 30.5 Å². The quantitative estimate of drug-likeness (QED) is 0.916. The van der Waals surface area contributed by atoms with Crippen molar-refractivity contribution in [2.75, 3.05) is 26.2 Å². The largest absolute Gasteiger partial charge is 0.336 e. The summed E-state index contributed by atoms with van der Waals surface area (Å²) in [5.41, 5.74) is 1.11. The second kappa shape index (κ2) is 8.03. The highest BCUT2D eigenvalue weighted by atomic mass is 35.5. The average Bonchev–Trinajstić information content (AvgIpc) is 2.80.